The van der Waals surface area contributed by atoms with Crippen LogP contribution in [0.15, 0.2) is 32.1 Å². The van der Waals surface area contributed by atoms with E-state index < -0.39 is 17.9 Å². The van der Waals surface area contributed by atoms with E-state index in [-0.39, 0.29) is 49.3 Å². The summed E-state index contributed by atoms with van der Waals surface area (Å²) in [6.45, 7) is 1.21. The number of hydrogen-bond donors (Lipinski definition) is 2. The molecule has 0 aromatic carbocycles. The largest absolute Gasteiger partial charge is 0.519 e. The van der Waals surface area contributed by atoms with Gasteiger partial charge in [-0.05, 0) is 31.9 Å². The number of aryl methyl sites for hydroxylation is 1. The number of fused-ring (bicyclic) bond motifs is 1. The summed E-state index contributed by atoms with van der Waals surface area (Å²) in [6, 6.07) is 3.57. The Kier molecular flexibility index (Phi) is 6.18. The summed E-state index contributed by atoms with van der Waals surface area (Å²) in [6.07, 6.45) is 1.42. The zero-order chi connectivity index (χ0) is 22.7. The Hall–Kier alpha value is -3.71. The van der Waals surface area contributed by atoms with E-state index in [0.717, 1.165) is 5.69 Å². The summed E-state index contributed by atoms with van der Waals surface area (Å²) in [4.78, 5) is 38.6. The van der Waals surface area contributed by atoms with Crippen LogP contribution in [0.1, 0.15) is 36.2 Å². The summed E-state index contributed by atoms with van der Waals surface area (Å²) in [5.74, 6) is -0.767. The molecule has 3 aromatic rings. The van der Waals surface area contributed by atoms with E-state index in [0.29, 0.717) is 18.4 Å². The molecule has 32 heavy (non-hydrogen) atoms. The lowest BCUT2D eigenvalue weighted by atomic mass is 10.1. The molecule has 1 saturated heterocycles. The second-order valence-electron chi connectivity index (χ2n) is 7.01. The predicted molar refractivity (Wildman–Crippen MR) is 106 cm³/mol. The van der Waals surface area contributed by atoms with E-state index in [9.17, 15) is 14.4 Å². The van der Waals surface area contributed by atoms with Gasteiger partial charge in [0.05, 0.1) is 18.3 Å². The standard InChI is InChI=1S/C19H21N5O8/c1-10-15(32-19(27)30-10)8-29-18(26)23-17-13-4-3-12(24(13)22-9-21-17)14-5-2-11(31-14)7-28-16(25)6-20/h3-4,9,11,14H,2,5-8,20H2,1H3,(H,21,22,23,26)/t11-,14+/m0/s1. The number of nitrogens with zero attached hydrogens (tertiary/aromatic N) is 3. The minimum Gasteiger partial charge on any atom is -0.462 e. The van der Waals surface area contributed by atoms with Crippen molar-refractivity contribution in [3.63, 3.8) is 0 Å². The van der Waals surface area contributed by atoms with Crippen LogP contribution in [0.5, 0.6) is 0 Å². The molecular formula is C19H21N5O8. The molecule has 0 spiro atoms. The van der Waals surface area contributed by atoms with Crippen molar-refractivity contribution in [3.05, 3.63) is 46.3 Å². The number of amides is 1. The zero-order valence-corrected chi connectivity index (χ0v) is 17.1. The number of anilines is 1. The second-order valence-corrected chi connectivity index (χ2v) is 7.01. The monoisotopic (exact) mass is 447 g/mol. The van der Waals surface area contributed by atoms with E-state index in [2.05, 4.69) is 15.4 Å². The molecule has 3 aromatic heterocycles. The molecule has 1 aliphatic rings. The van der Waals surface area contributed by atoms with E-state index in [1.165, 1.54) is 13.3 Å². The maximum Gasteiger partial charge on any atom is 0.519 e. The summed E-state index contributed by atoms with van der Waals surface area (Å²) in [5, 5.41) is 6.78. The Morgan fingerprint density at radius 2 is 2.12 bits per heavy atom. The fourth-order valence-corrected chi connectivity index (χ4v) is 3.35. The van der Waals surface area contributed by atoms with Crippen molar-refractivity contribution in [2.75, 3.05) is 18.5 Å². The molecule has 3 N–H and O–H groups in total. The number of carbonyl (C=O) groups is 2. The average molecular weight is 447 g/mol. The van der Waals surface area contributed by atoms with Gasteiger partial charge in [-0.15, -0.1) is 0 Å². The van der Waals surface area contributed by atoms with E-state index in [1.807, 2.05) is 6.07 Å². The Morgan fingerprint density at radius 1 is 1.28 bits per heavy atom. The first-order valence-electron chi connectivity index (χ1n) is 9.81. The van der Waals surface area contributed by atoms with Crippen molar-refractivity contribution >= 4 is 23.4 Å². The maximum absolute atomic E-state index is 12.2. The van der Waals surface area contributed by atoms with Gasteiger partial charge in [-0.25, -0.2) is 19.1 Å². The third kappa shape index (κ3) is 4.63. The van der Waals surface area contributed by atoms with Crippen molar-refractivity contribution in [1.82, 2.24) is 14.6 Å². The highest BCUT2D eigenvalue weighted by atomic mass is 16.6. The Morgan fingerprint density at radius 3 is 2.88 bits per heavy atom. The molecular weight excluding hydrogens is 426 g/mol. The normalized spacial score (nSPS) is 18.1. The number of rotatable bonds is 7. The van der Waals surface area contributed by atoms with Crippen molar-refractivity contribution in [1.29, 1.82) is 0 Å². The van der Waals surface area contributed by atoms with Gasteiger partial charge in [0.15, 0.2) is 23.9 Å². The van der Waals surface area contributed by atoms with Crippen LogP contribution >= 0.6 is 0 Å². The number of hydrogen-bond acceptors (Lipinski definition) is 11. The fourth-order valence-electron chi connectivity index (χ4n) is 3.35. The first kappa shape index (κ1) is 21.5. The van der Waals surface area contributed by atoms with Gasteiger partial charge in [0.1, 0.15) is 24.6 Å². The number of nitrogens with two attached hydrogens (primary N) is 1. The van der Waals surface area contributed by atoms with Crippen molar-refractivity contribution in [2.45, 2.75) is 38.6 Å². The van der Waals surface area contributed by atoms with Gasteiger partial charge in [0.25, 0.3) is 0 Å². The minimum atomic E-state index is -0.867. The first-order valence-corrected chi connectivity index (χ1v) is 9.81. The van der Waals surface area contributed by atoms with Gasteiger partial charge in [-0.2, -0.15) is 5.10 Å². The van der Waals surface area contributed by atoms with E-state index in [4.69, 9.17) is 28.8 Å². The third-order valence-corrected chi connectivity index (χ3v) is 4.91. The molecule has 0 aliphatic carbocycles. The van der Waals surface area contributed by atoms with Crippen LogP contribution in [0.3, 0.4) is 0 Å². The van der Waals surface area contributed by atoms with Gasteiger partial charge in [0, 0.05) is 0 Å². The second kappa shape index (κ2) is 9.20. The van der Waals surface area contributed by atoms with Crippen molar-refractivity contribution in [3.8, 4) is 0 Å². The molecule has 13 heteroatoms. The van der Waals surface area contributed by atoms with Gasteiger partial charge < -0.3 is 28.8 Å². The number of ether oxygens (including phenoxy) is 3. The number of esters is 1. The van der Waals surface area contributed by atoms with Crippen LogP contribution in [0.2, 0.25) is 0 Å². The van der Waals surface area contributed by atoms with Crippen LogP contribution < -0.4 is 16.9 Å². The topological polar surface area (TPSA) is 173 Å². The summed E-state index contributed by atoms with van der Waals surface area (Å²) in [5.41, 5.74) is 6.54. The summed E-state index contributed by atoms with van der Waals surface area (Å²) >= 11 is 0. The molecule has 170 valence electrons. The van der Waals surface area contributed by atoms with Gasteiger partial charge in [-0.3, -0.25) is 10.1 Å². The van der Waals surface area contributed by atoms with Gasteiger partial charge in [-0.1, -0.05) is 0 Å². The molecule has 0 radical (unpaired) electrons. The van der Waals surface area contributed by atoms with Crippen LogP contribution in [0.25, 0.3) is 5.52 Å². The van der Waals surface area contributed by atoms with Crippen LogP contribution in [-0.4, -0.2) is 45.9 Å². The molecule has 0 bridgehead atoms. The molecule has 0 unspecified atom stereocenters. The van der Waals surface area contributed by atoms with Crippen LogP contribution in [0, 0.1) is 6.92 Å². The van der Waals surface area contributed by atoms with Crippen molar-refractivity contribution < 1.29 is 32.6 Å². The number of carbonyl (C=O) groups excluding carboxylic acids is 2. The Balaban J connectivity index is 1.41. The maximum atomic E-state index is 12.2. The quantitative estimate of drug-likeness (QED) is 0.496. The SMILES string of the molecule is Cc1oc(=O)oc1COC(=O)Nc1ncnn2c([C@H]3CC[C@@H](COC(=O)CN)O3)ccc12. The lowest BCUT2D eigenvalue weighted by molar-refractivity contribution is -0.145. The number of aromatic nitrogens is 3. The summed E-state index contributed by atoms with van der Waals surface area (Å²) in [7, 11) is 0. The smallest absolute Gasteiger partial charge is 0.462 e. The molecule has 1 fully saturated rings. The first-order chi connectivity index (χ1) is 15.4. The van der Waals surface area contributed by atoms with E-state index >= 15 is 0 Å². The third-order valence-electron chi connectivity index (χ3n) is 4.91. The highest BCUT2D eigenvalue weighted by Gasteiger charge is 2.30. The van der Waals surface area contributed by atoms with Crippen LogP contribution in [-0.2, 0) is 25.6 Å². The fraction of sp³-hybridized carbons (Fsp3) is 0.421. The average Bonchev–Trinajstić information content (AvgIpc) is 3.49. The number of nitrogens with one attached hydrogen (secondary N) is 1. The minimum absolute atomic E-state index is 0.119. The lowest BCUT2D eigenvalue weighted by Crippen LogP contribution is -2.23. The molecule has 1 amide bonds. The Labute approximate surface area is 180 Å². The molecule has 4 heterocycles. The summed E-state index contributed by atoms with van der Waals surface area (Å²) < 4.78 is 27.2. The van der Waals surface area contributed by atoms with Gasteiger partial charge in [0.2, 0.25) is 0 Å². The zero-order valence-electron chi connectivity index (χ0n) is 17.1. The van der Waals surface area contributed by atoms with Crippen LogP contribution in [0.4, 0.5) is 10.6 Å². The highest BCUT2D eigenvalue weighted by Crippen LogP contribution is 2.34. The van der Waals surface area contributed by atoms with Crippen molar-refractivity contribution in [2.24, 2.45) is 5.73 Å². The predicted octanol–water partition coefficient (Wildman–Crippen LogP) is 1.05. The lowest BCUT2D eigenvalue weighted by Gasteiger charge is -2.14. The molecule has 0 saturated carbocycles. The molecule has 13 nitrogen and oxygen atoms in total. The molecule has 2 atom stereocenters. The molecule has 4 rings (SSSR count). The highest BCUT2D eigenvalue weighted by molar-refractivity contribution is 5.88. The molecule has 1 aliphatic heterocycles. The Bertz CT molecular complexity index is 1180. The van der Waals surface area contributed by atoms with E-state index in [1.54, 1.807) is 10.6 Å². The van der Waals surface area contributed by atoms with Gasteiger partial charge >= 0.3 is 17.9 Å².